The highest BCUT2D eigenvalue weighted by Crippen LogP contribution is 2.48. The van der Waals surface area contributed by atoms with Crippen LogP contribution in [0.25, 0.3) is 122 Å². The SMILES string of the molecule is c1ccc(-c2cc(-c3ccccc3)cc(-c3c4ccccc4c(-c4cc(-c5ccccc5)cc(-c5ccccc5)c4)c4cc(-c5cc(-c6ccccc6)nc(-c6ccccc6)n5)ccc34)c2)cc1. The van der Waals surface area contributed by atoms with E-state index in [4.69, 9.17) is 9.97 Å². The van der Waals surface area contributed by atoms with Gasteiger partial charge < -0.3 is 0 Å². The molecule has 1 heterocycles. The summed E-state index contributed by atoms with van der Waals surface area (Å²) in [7, 11) is 0. The van der Waals surface area contributed by atoms with E-state index in [-0.39, 0.29) is 0 Å². The van der Waals surface area contributed by atoms with Crippen LogP contribution in [0.5, 0.6) is 0 Å². The van der Waals surface area contributed by atoms with Crippen molar-refractivity contribution in [3.8, 4) is 101 Å². The lowest BCUT2D eigenvalue weighted by Crippen LogP contribution is -1.97. The van der Waals surface area contributed by atoms with Crippen molar-refractivity contribution in [2.24, 2.45) is 0 Å². The highest BCUT2D eigenvalue weighted by atomic mass is 14.9. The van der Waals surface area contributed by atoms with E-state index < -0.39 is 0 Å². The Labute approximate surface area is 397 Å². The van der Waals surface area contributed by atoms with Crippen LogP contribution >= 0.6 is 0 Å². The maximum atomic E-state index is 5.34. The molecule has 0 fully saturated rings. The van der Waals surface area contributed by atoms with Gasteiger partial charge in [0, 0.05) is 16.7 Å². The van der Waals surface area contributed by atoms with Crippen molar-refractivity contribution in [2.45, 2.75) is 0 Å². The molecule has 0 N–H and O–H groups in total. The Morgan fingerprint density at radius 3 is 0.897 bits per heavy atom. The summed E-state index contributed by atoms with van der Waals surface area (Å²) in [5.41, 5.74) is 18.8. The molecule has 0 aliphatic heterocycles. The number of fused-ring (bicyclic) bond motifs is 2. The Morgan fingerprint density at radius 2 is 0.485 bits per heavy atom. The zero-order valence-corrected chi connectivity index (χ0v) is 37.3. The van der Waals surface area contributed by atoms with Gasteiger partial charge in [0.1, 0.15) is 0 Å². The third kappa shape index (κ3) is 7.85. The van der Waals surface area contributed by atoms with Crippen molar-refractivity contribution in [1.29, 1.82) is 0 Å². The predicted molar refractivity (Wildman–Crippen MR) is 286 cm³/mol. The lowest BCUT2D eigenvalue weighted by Gasteiger charge is -2.21. The quantitative estimate of drug-likeness (QED) is 0.135. The lowest BCUT2D eigenvalue weighted by molar-refractivity contribution is 1.18. The summed E-state index contributed by atoms with van der Waals surface area (Å²) in [6.07, 6.45) is 0. The number of hydrogen-bond donors (Lipinski definition) is 0. The van der Waals surface area contributed by atoms with Crippen molar-refractivity contribution in [3.05, 3.63) is 267 Å². The Bertz CT molecular complexity index is 3570. The maximum Gasteiger partial charge on any atom is 0.160 e. The Kier molecular flexibility index (Phi) is 10.6. The Balaban J connectivity index is 1.19. The molecule has 0 unspecified atom stereocenters. The molecule has 11 aromatic carbocycles. The van der Waals surface area contributed by atoms with Gasteiger partial charge in [-0.25, -0.2) is 9.97 Å². The summed E-state index contributed by atoms with van der Waals surface area (Å²) in [6.45, 7) is 0. The molecule has 0 aliphatic rings. The van der Waals surface area contributed by atoms with Crippen LogP contribution in [0.1, 0.15) is 0 Å². The fourth-order valence-electron chi connectivity index (χ4n) is 9.76. The standard InChI is InChI=1S/C66H44N2/c1-7-21-45(22-8-1)52-37-53(46-23-9-2-10-24-46)40-56(39-52)64-58-33-19-20-34-59(58)65(57-41-54(47-25-11-3-12-26-47)38-55(42-57)48-27-13-4-14-28-48)61-43-51(35-36-60(61)64)63-44-62(49-29-15-5-16-30-49)67-66(68-63)50-31-17-6-18-32-50/h1-44H. The van der Waals surface area contributed by atoms with Crippen LogP contribution in [0.2, 0.25) is 0 Å². The minimum absolute atomic E-state index is 0.690. The van der Waals surface area contributed by atoms with Crippen LogP contribution in [0.4, 0.5) is 0 Å². The van der Waals surface area contributed by atoms with E-state index in [0.717, 1.165) is 44.6 Å². The third-order valence-corrected chi connectivity index (χ3v) is 13.0. The largest absolute Gasteiger partial charge is 0.228 e. The summed E-state index contributed by atoms with van der Waals surface area (Å²) >= 11 is 0. The second kappa shape index (κ2) is 17.8. The van der Waals surface area contributed by atoms with Gasteiger partial charge in [-0.2, -0.15) is 0 Å². The fraction of sp³-hybridized carbons (Fsp3) is 0. The van der Waals surface area contributed by atoms with E-state index >= 15 is 0 Å². The molecule has 0 spiro atoms. The van der Waals surface area contributed by atoms with Crippen molar-refractivity contribution in [1.82, 2.24) is 9.97 Å². The monoisotopic (exact) mass is 864 g/mol. The summed E-state index contributed by atoms with van der Waals surface area (Å²) in [6, 6.07) is 96.0. The number of rotatable bonds is 9. The van der Waals surface area contributed by atoms with Crippen LogP contribution < -0.4 is 0 Å². The van der Waals surface area contributed by atoms with E-state index in [0.29, 0.717) is 5.82 Å². The molecular formula is C66H44N2. The second-order valence-electron chi connectivity index (χ2n) is 17.3. The number of aromatic nitrogens is 2. The summed E-state index contributed by atoms with van der Waals surface area (Å²) < 4.78 is 0. The minimum atomic E-state index is 0.690. The zero-order valence-electron chi connectivity index (χ0n) is 37.3. The highest BCUT2D eigenvalue weighted by Gasteiger charge is 2.21. The molecule has 12 rings (SSSR count). The van der Waals surface area contributed by atoms with Gasteiger partial charge in [-0.15, -0.1) is 0 Å². The summed E-state index contributed by atoms with van der Waals surface area (Å²) in [5, 5.41) is 4.69. The molecule has 2 heteroatoms. The van der Waals surface area contributed by atoms with Crippen molar-refractivity contribution < 1.29 is 0 Å². The fourth-order valence-corrected chi connectivity index (χ4v) is 9.76. The van der Waals surface area contributed by atoms with Crippen LogP contribution in [0, 0.1) is 0 Å². The zero-order chi connectivity index (χ0) is 45.2. The molecule has 0 amide bonds. The first-order valence-electron chi connectivity index (χ1n) is 23.2. The average molecular weight is 865 g/mol. The normalized spacial score (nSPS) is 11.2. The van der Waals surface area contributed by atoms with Crippen molar-refractivity contribution in [2.75, 3.05) is 0 Å². The van der Waals surface area contributed by atoms with Gasteiger partial charge in [0.05, 0.1) is 11.4 Å². The van der Waals surface area contributed by atoms with Gasteiger partial charge >= 0.3 is 0 Å². The molecule has 0 saturated heterocycles. The maximum absolute atomic E-state index is 5.34. The van der Waals surface area contributed by atoms with E-state index in [1.165, 1.54) is 71.8 Å². The smallest absolute Gasteiger partial charge is 0.160 e. The Morgan fingerprint density at radius 1 is 0.176 bits per heavy atom. The van der Waals surface area contributed by atoms with E-state index in [1.807, 2.05) is 24.3 Å². The van der Waals surface area contributed by atoms with E-state index in [1.54, 1.807) is 0 Å². The van der Waals surface area contributed by atoms with Gasteiger partial charge in [0.15, 0.2) is 5.82 Å². The van der Waals surface area contributed by atoms with Gasteiger partial charge in [0.2, 0.25) is 0 Å². The molecule has 0 atom stereocenters. The average Bonchev–Trinajstić information content (AvgIpc) is 3.43. The van der Waals surface area contributed by atoms with Crippen LogP contribution in [-0.2, 0) is 0 Å². The van der Waals surface area contributed by atoms with Crippen LogP contribution in [-0.4, -0.2) is 9.97 Å². The van der Waals surface area contributed by atoms with Crippen LogP contribution in [0.3, 0.4) is 0 Å². The van der Waals surface area contributed by atoms with E-state index in [2.05, 4.69) is 243 Å². The number of benzene rings is 11. The first-order chi connectivity index (χ1) is 33.7. The molecule has 1 aromatic heterocycles. The van der Waals surface area contributed by atoms with Crippen molar-refractivity contribution in [3.63, 3.8) is 0 Å². The predicted octanol–water partition coefficient (Wildman–Crippen LogP) is 17.8. The topological polar surface area (TPSA) is 25.8 Å². The molecule has 0 radical (unpaired) electrons. The first kappa shape index (κ1) is 40.5. The van der Waals surface area contributed by atoms with Gasteiger partial charge in [0.25, 0.3) is 0 Å². The third-order valence-electron chi connectivity index (χ3n) is 13.0. The molecule has 318 valence electrons. The van der Waals surface area contributed by atoms with Crippen molar-refractivity contribution >= 4 is 21.5 Å². The molecule has 12 aromatic rings. The van der Waals surface area contributed by atoms with E-state index in [9.17, 15) is 0 Å². The number of nitrogens with zero attached hydrogens (tertiary/aromatic N) is 2. The summed E-state index contributed by atoms with van der Waals surface area (Å²) in [4.78, 5) is 10.5. The second-order valence-corrected chi connectivity index (χ2v) is 17.3. The molecule has 68 heavy (non-hydrogen) atoms. The van der Waals surface area contributed by atoms with Gasteiger partial charge in [-0.05, 0) is 137 Å². The molecule has 0 aliphatic carbocycles. The molecule has 2 nitrogen and oxygen atoms in total. The van der Waals surface area contributed by atoms with Gasteiger partial charge in [-0.3, -0.25) is 0 Å². The first-order valence-corrected chi connectivity index (χ1v) is 23.2. The Hall–Kier alpha value is -8.98. The van der Waals surface area contributed by atoms with Gasteiger partial charge in [-0.1, -0.05) is 218 Å². The number of hydrogen-bond acceptors (Lipinski definition) is 2. The molecular weight excluding hydrogens is 821 g/mol. The lowest BCUT2D eigenvalue weighted by atomic mass is 9.82. The molecule has 0 saturated carbocycles. The minimum Gasteiger partial charge on any atom is -0.228 e. The highest BCUT2D eigenvalue weighted by molar-refractivity contribution is 6.22. The summed E-state index contributed by atoms with van der Waals surface area (Å²) in [5.74, 6) is 0.690. The van der Waals surface area contributed by atoms with Crippen LogP contribution in [0.15, 0.2) is 267 Å². The molecule has 0 bridgehead atoms.